The zero-order valence-electron chi connectivity index (χ0n) is 9.56. The fourth-order valence-corrected chi connectivity index (χ4v) is 2.65. The third kappa shape index (κ3) is 3.80. The number of rotatable bonds is 4. The third-order valence-electron chi connectivity index (χ3n) is 2.36. The van der Waals surface area contributed by atoms with Crippen LogP contribution in [0.1, 0.15) is 10.4 Å². The first kappa shape index (κ1) is 12.5. The van der Waals surface area contributed by atoms with Crippen molar-refractivity contribution in [2.75, 3.05) is 12.8 Å². The maximum Gasteiger partial charge on any atom is 0.180 e. The van der Waals surface area contributed by atoms with Gasteiger partial charge in [-0.3, -0.25) is 4.90 Å². The van der Waals surface area contributed by atoms with Gasteiger partial charge in [-0.25, -0.2) is 4.98 Å². The maximum absolute atomic E-state index is 5.61. The van der Waals surface area contributed by atoms with Gasteiger partial charge in [0.05, 0.1) is 0 Å². The van der Waals surface area contributed by atoms with Crippen LogP contribution in [0.4, 0.5) is 5.13 Å². The van der Waals surface area contributed by atoms with E-state index in [4.69, 9.17) is 5.73 Å². The molecular formula is C12H14BrN3S. The molecule has 1 aromatic heterocycles. The van der Waals surface area contributed by atoms with Crippen molar-refractivity contribution in [3.8, 4) is 0 Å². The molecule has 2 aromatic rings. The highest BCUT2D eigenvalue weighted by atomic mass is 79.9. The number of aromatic nitrogens is 1. The molecule has 90 valence electrons. The van der Waals surface area contributed by atoms with Crippen LogP contribution < -0.4 is 5.73 Å². The largest absolute Gasteiger partial charge is 0.375 e. The summed E-state index contributed by atoms with van der Waals surface area (Å²) < 4.78 is 1.11. The summed E-state index contributed by atoms with van der Waals surface area (Å²) in [4.78, 5) is 7.49. The van der Waals surface area contributed by atoms with Gasteiger partial charge in [0.25, 0.3) is 0 Å². The van der Waals surface area contributed by atoms with E-state index in [1.807, 2.05) is 6.20 Å². The molecule has 0 aliphatic rings. The fraction of sp³-hybridized carbons (Fsp3) is 0.250. The molecule has 0 bridgehead atoms. The molecule has 5 heteroatoms. The van der Waals surface area contributed by atoms with Crippen LogP contribution in [0.3, 0.4) is 0 Å². The molecule has 0 fully saturated rings. The Morgan fingerprint density at radius 1 is 1.29 bits per heavy atom. The van der Waals surface area contributed by atoms with E-state index in [1.54, 1.807) is 11.3 Å². The lowest BCUT2D eigenvalue weighted by Gasteiger charge is -2.15. The Balaban J connectivity index is 1.93. The topological polar surface area (TPSA) is 42.2 Å². The molecule has 0 saturated carbocycles. The Kier molecular flexibility index (Phi) is 4.15. The van der Waals surface area contributed by atoms with Crippen molar-refractivity contribution in [1.29, 1.82) is 0 Å². The molecule has 0 radical (unpaired) electrons. The summed E-state index contributed by atoms with van der Waals surface area (Å²) in [5.74, 6) is 0. The zero-order chi connectivity index (χ0) is 12.3. The molecule has 0 saturated heterocycles. The summed E-state index contributed by atoms with van der Waals surface area (Å²) in [6.07, 6.45) is 1.85. The van der Waals surface area contributed by atoms with Crippen molar-refractivity contribution >= 4 is 32.4 Å². The standard InChI is InChI=1S/C12H14BrN3S/c1-16(8-11-6-15-12(14)17-11)7-9-2-4-10(13)5-3-9/h2-6H,7-8H2,1H3,(H2,14,15). The first-order valence-electron chi connectivity index (χ1n) is 5.26. The summed E-state index contributed by atoms with van der Waals surface area (Å²) in [6.45, 7) is 1.80. The highest BCUT2D eigenvalue weighted by Gasteiger charge is 2.04. The Morgan fingerprint density at radius 3 is 2.59 bits per heavy atom. The van der Waals surface area contributed by atoms with Crippen LogP contribution in [0.2, 0.25) is 0 Å². The molecule has 0 unspecified atom stereocenters. The number of hydrogen-bond acceptors (Lipinski definition) is 4. The van der Waals surface area contributed by atoms with Gasteiger partial charge in [0, 0.05) is 28.6 Å². The minimum absolute atomic E-state index is 0.636. The quantitative estimate of drug-likeness (QED) is 0.943. The molecule has 2 rings (SSSR count). The number of nitrogen functional groups attached to an aromatic ring is 1. The summed E-state index contributed by atoms with van der Waals surface area (Å²) in [7, 11) is 2.10. The predicted octanol–water partition coefficient (Wildman–Crippen LogP) is 3.12. The molecule has 2 N–H and O–H groups in total. The van der Waals surface area contributed by atoms with Gasteiger partial charge in [-0.1, -0.05) is 28.1 Å². The molecule has 17 heavy (non-hydrogen) atoms. The molecule has 0 amide bonds. The van der Waals surface area contributed by atoms with E-state index in [-0.39, 0.29) is 0 Å². The van der Waals surface area contributed by atoms with Crippen LogP contribution >= 0.6 is 27.3 Å². The van der Waals surface area contributed by atoms with Crippen molar-refractivity contribution in [2.45, 2.75) is 13.1 Å². The Morgan fingerprint density at radius 2 is 2.00 bits per heavy atom. The van der Waals surface area contributed by atoms with Crippen LogP contribution in [0.15, 0.2) is 34.9 Å². The van der Waals surface area contributed by atoms with E-state index in [9.17, 15) is 0 Å². The highest BCUT2D eigenvalue weighted by Crippen LogP contribution is 2.17. The summed E-state index contributed by atoms with van der Waals surface area (Å²) in [5.41, 5.74) is 6.91. The number of hydrogen-bond donors (Lipinski definition) is 1. The van der Waals surface area contributed by atoms with Crippen molar-refractivity contribution in [1.82, 2.24) is 9.88 Å². The van der Waals surface area contributed by atoms with Crippen molar-refractivity contribution < 1.29 is 0 Å². The molecule has 1 aromatic carbocycles. The monoisotopic (exact) mass is 311 g/mol. The third-order valence-corrected chi connectivity index (χ3v) is 3.70. The summed E-state index contributed by atoms with van der Waals surface area (Å²) in [5, 5.41) is 0.636. The van der Waals surface area contributed by atoms with E-state index in [2.05, 4.69) is 57.1 Å². The Bertz CT molecular complexity index is 481. The number of nitrogens with two attached hydrogens (primary N) is 1. The number of halogens is 1. The number of benzene rings is 1. The van der Waals surface area contributed by atoms with E-state index < -0.39 is 0 Å². The molecule has 1 heterocycles. The van der Waals surface area contributed by atoms with E-state index >= 15 is 0 Å². The van der Waals surface area contributed by atoms with Crippen LogP contribution in [0.25, 0.3) is 0 Å². The van der Waals surface area contributed by atoms with Crippen molar-refractivity contribution in [3.63, 3.8) is 0 Å². The van der Waals surface area contributed by atoms with Gasteiger partial charge in [-0.2, -0.15) is 0 Å². The van der Waals surface area contributed by atoms with Gasteiger partial charge in [0.1, 0.15) is 0 Å². The summed E-state index contributed by atoms with van der Waals surface area (Å²) >= 11 is 4.98. The lowest BCUT2D eigenvalue weighted by Crippen LogP contribution is -2.16. The SMILES string of the molecule is CN(Cc1ccc(Br)cc1)Cc1cnc(N)s1. The molecule has 0 aliphatic heterocycles. The second-order valence-electron chi connectivity index (χ2n) is 3.96. The van der Waals surface area contributed by atoms with Gasteiger partial charge in [-0.05, 0) is 24.7 Å². The van der Waals surface area contributed by atoms with Crippen molar-refractivity contribution in [3.05, 3.63) is 45.4 Å². The Labute approximate surface area is 113 Å². The summed E-state index contributed by atoms with van der Waals surface area (Å²) in [6, 6.07) is 8.38. The average Bonchev–Trinajstić information content (AvgIpc) is 2.67. The van der Waals surface area contributed by atoms with E-state index in [0.29, 0.717) is 5.13 Å². The molecular weight excluding hydrogens is 298 g/mol. The smallest absolute Gasteiger partial charge is 0.180 e. The van der Waals surface area contributed by atoms with E-state index in [1.165, 1.54) is 10.4 Å². The van der Waals surface area contributed by atoms with Gasteiger partial charge < -0.3 is 5.73 Å². The number of anilines is 1. The van der Waals surface area contributed by atoms with E-state index in [0.717, 1.165) is 17.6 Å². The van der Waals surface area contributed by atoms with Crippen LogP contribution in [0, 0.1) is 0 Å². The number of thiazole rings is 1. The molecule has 0 atom stereocenters. The lowest BCUT2D eigenvalue weighted by atomic mass is 10.2. The lowest BCUT2D eigenvalue weighted by molar-refractivity contribution is 0.322. The fourth-order valence-electron chi connectivity index (χ4n) is 1.62. The van der Waals surface area contributed by atoms with Crippen LogP contribution in [-0.4, -0.2) is 16.9 Å². The zero-order valence-corrected chi connectivity index (χ0v) is 12.0. The molecule has 0 spiro atoms. The first-order chi connectivity index (χ1) is 8.13. The van der Waals surface area contributed by atoms with Crippen molar-refractivity contribution in [2.24, 2.45) is 0 Å². The predicted molar refractivity (Wildman–Crippen MR) is 75.8 cm³/mol. The second kappa shape index (κ2) is 5.62. The maximum atomic E-state index is 5.61. The molecule has 3 nitrogen and oxygen atoms in total. The van der Waals surface area contributed by atoms with Crippen LogP contribution in [-0.2, 0) is 13.1 Å². The minimum Gasteiger partial charge on any atom is -0.375 e. The highest BCUT2D eigenvalue weighted by molar-refractivity contribution is 9.10. The first-order valence-corrected chi connectivity index (χ1v) is 6.87. The van der Waals surface area contributed by atoms with Gasteiger partial charge >= 0.3 is 0 Å². The van der Waals surface area contributed by atoms with Crippen LogP contribution in [0.5, 0.6) is 0 Å². The minimum atomic E-state index is 0.636. The second-order valence-corrected chi connectivity index (χ2v) is 6.03. The van der Waals surface area contributed by atoms with Gasteiger partial charge in [0.15, 0.2) is 5.13 Å². The molecule has 0 aliphatic carbocycles. The average molecular weight is 312 g/mol. The van der Waals surface area contributed by atoms with Gasteiger partial charge in [0.2, 0.25) is 0 Å². The Hall–Kier alpha value is -0.910. The van der Waals surface area contributed by atoms with Gasteiger partial charge in [-0.15, -0.1) is 11.3 Å². The number of nitrogens with zero attached hydrogens (tertiary/aromatic N) is 2. The normalized spacial score (nSPS) is 11.0.